The van der Waals surface area contributed by atoms with Crippen molar-refractivity contribution in [3.05, 3.63) is 315 Å². The molecule has 6 heterocycles. The third-order valence-electron chi connectivity index (χ3n) is 20.6. The van der Waals surface area contributed by atoms with Gasteiger partial charge in [-0.1, -0.05) is 255 Å². The summed E-state index contributed by atoms with van der Waals surface area (Å²) in [5.74, 6) is 4.20. The van der Waals surface area contributed by atoms with Crippen molar-refractivity contribution < 1.29 is 8.83 Å². The summed E-state index contributed by atoms with van der Waals surface area (Å²) in [6.07, 6.45) is 0. The molecule has 0 unspecified atom stereocenters. The van der Waals surface area contributed by atoms with E-state index in [1.165, 1.54) is 32.3 Å². The number of imidazole rings is 2. The number of nitrogens with zero attached hydrogens (tertiary/aromatic N) is 10. The first-order valence-corrected chi connectivity index (χ1v) is 34.7. The minimum atomic E-state index is 0.407. The summed E-state index contributed by atoms with van der Waals surface area (Å²) in [6.45, 7) is 0. The fraction of sp³-hybridized carbons (Fsp3) is 0. The molecule has 482 valence electrons. The van der Waals surface area contributed by atoms with E-state index in [0.29, 0.717) is 58.0 Å². The highest BCUT2D eigenvalue weighted by molar-refractivity contribution is 6.27. The lowest BCUT2D eigenvalue weighted by Crippen LogP contribution is -2.08. The van der Waals surface area contributed by atoms with Crippen LogP contribution in [-0.2, 0) is 0 Å². The van der Waals surface area contributed by atoms with Crippen LogP contribution in [0.1, 0.15) is 0 Å². The van der Waals surface area contributed by atoms with Gasteiger partial charge in [0.15, 0.2) is 23.3 Å². The van der Waals surface area contributed by atoms with Crippen LogP contribution in [0.15, 0.2) is 324 Å². The first-order chi connectivity index (χ1) is 51.5. The number of rotatable bonds is 9. The van der Waals surface area contributed by atoms with E-state index < -0.39 is 0 Å². The van der Waals surface area contributed by atoms with Crippen LogP contribution in [0.3, 0.4) is 0 Å². The Hall–Kier alpha value is -14.4. The zero-order valence-electron chi connectivity index (χ0n) is 55.3. The molecule has 0 atom stereocenters. The quantitative estimate of drug-likeness (QED) is 0.128. The van der Waals surface area contributed by atoms with Crippen LogP contribution in [0, 0.1) is 0 Å². The zero-order chi connectivity index (χ0) is 68.1. The van der Waals surface area contributed by atoms with Gasteiger partial charge in [-0.3, -0.25) is 9.13 Å². The van der Waals surface area contributed by atoms with Crippen molar-refractivity contribution in [3.63, 3.8) is 0 Å². The Morgan fingerprint density at radius 3 is 1.20 bits per heavy atom. The molecule has 12 nitrogen and oxygen atoms in total. The summed E-state index contributed by atoms with van der Waals surface area (Å²) in [7, 11) is 0. The molecule has 0 saturated heterocycles. The molecule has 22 aromatic rings. The van der Waals surface area contributed by atoms with Gasteiger partial charge in [-0.2, -0.15) is 19.9 Å². The highest BCUT2D eigenvalue weighted by atomic mass is 16.3. The second kappa shape index (κ2) is 22.6. The van der Waals surface area contributed by atoms with Crippen LogP contribution < -0.4 is 0 Å². The van der Waals surface area contributed by atoms with Crippen molar-refractivity contribution in [1.29, 1.82) is 0 Å². The molecular weight excluding hydrogens is 1280 g/mol. The summed E-state index contributed by atoms with van der Waals surface area (Å²) in [6, 6.07) is 109. The van der Waals surface area contributed by atoms with Crippen LogP contribution in [-0.4, -0.2) is 49.0 Å². The van der Waals surface area contributed by atoms with E-state index in [4.69, 9.17) is 48.7 Å². The molecule has 22 rings (SSSR count). The Bertz CT molecular complexity index is 7310. The average Bonchev–Trinajstić information content (AvgIpc) is 1.04. The molecule has 0 fully saturated rings. The molecule has 6 aromatic heterocycles. The van der Waals surface area contributed by atoms with Gasteiger partial charge < -0.3 is 8.83 Å². The number of hydrogen-bond acceptors (Lipinski definition) is 10. The molecule has 0 aliphatic carbocycles. The Morgan fingerprint density at radius 1 is 0.212 bits per heavy atom. The SMILES string of the molecule is c1ccc(-c2nc3cc(-c4cccc5c4oc4cccc(-c6nc(-c7ccc8c9ccccc9c9ccccc9c8c7)nc(-n7c(-c8ccccc8)nc8ccccc87)n6)c45)ccc3n2-c2nc(-c3ccc4c(c3)oc3ccccc34)nc(-c3ccc4c5ccccc5c5ccccc5c4c3)n2)cc1. The normalized spacial score (nSPS) is 12.0. The van der Waals surface area contributed by atoms with E-state index in [1.54, 1.807) is 0 Å². The Kier molecular flexibility index (Phi) is 12.5. The lowest BCUT2D eigenvalue weighted by Gasteiger charge is -2.14. The van der Waals surface area contributed by atoms with Crippen LogP contribution in [0.25, 0.3) is 222 Å². The Balaban J connectivity index is 0.723. The number of aromatic nitrogens is 10. The van der Waals surface area contributed by atoms with E-state index in [2.05, 4.69) is 234 Å². The van der Waals surface area contributed by atoms with Gasteiger partial charge in [-0.25, -0.2) is 19.9 Å². The second-order valence-corrected chi connectivity index (χ2v) is 26.5. The van der Waals surface area contributed by atoms with Crippen molar-refractivity contribution >= 4 is 131 Å². The molecule has 12 heteroatoms. The molecule has 0 bridgehead atoms. The maximum atomic E-state index is 7.14. The van der Waals surface area contributed by atoms with E-state index in [0.717, 1.165) is 132 Å². The molecule has 0 saturated carbocycles. The third-order valence-corrected chi connectivity index (χ3v) is 20.6. The van der Waals surface area contributed by atoms with Crippen LogP contribution in [0.2, 0.25) is 0 Å². The first-order valence-electron chi connectivity index (χ1n) is 34.7. The number of para-hydroxylation sites is 4. The lowest BCUT2D eigenvalue weighted by atomic mass is 9.93. The monoisotopic (exact) mass is 1330 g/mol. The fourth-order valence-corrected chi connectivity index (χ4v) is 15.9. The van der Waals surface area contributed by atoms with Gasteiger partial charge in [0.05, 0.1) is 22.1 Å². The lowest BCUT2D eigenvalue weighted by molar-refractivity contribution is 0.669. The van der Waals surface area contributed by atoms with E-state index >= 15 is 0 Å². The highest BCUT2D eigenvalue weighted by Gasteiger charge is 2.26. The number of hydrogen-bond donors (Lipinski definition) is 0. The summed E-state index contributed by atoms with van der Waals surface area (Å²) in [5, 5.41) is 17.8. The Labute approximate surface area is 591 Å². The first kappa shape index (κ1) is 57.5. The van der Waals surface area contributed by atoms with Crippen molar-refractivity contribution in [2.75, 3.05) is 0 Å². The minimum Gasteiger partial charge on any atom is -0.456 e. The van der Waals surface area contributed by atoms with Crippen LogP contribution in [0.5, 0.6) is 0 Å². The van der Waals surface area contributed by atoms with Gasteiger partial charge >= 0.3 is 0 Å². The summed E-state index contributed by atoms with van der Waals surface area (Å²) in [4.78, 5) is 43.5. The zero-order valence-corrected chi connectivity index (χ0v) is 55.3. The van der Waals surface area contributed by atoms with Crippen LogP contribution in [0.4, 0.5) is 0 Å². The highest BCUT2D eigenvalue weighted by Crippen LogP contribution is 2.45. The van der Waals surface area contributed by atoms with Gasteiger partial charge in [0.1, 0.15) is 34.0 Å². The number of benzene rings is 16. The summed E-state index contributed by atoms with van der Waals surface area (Å²) in [5.41, 5.74) is 13.0. The van der Waals surface area contributed by atoms with Gasteiger partial charge in [0, 0.05) is 60.5 Å². The standard InChI is InChI=1S/C92H52N10O2/c1-3-21-53(22-4-1)89-93-76-37-16-17-38-78(76)101(89)92-98-86(57-42-46-69-65-30-10-8-26-61(65)63-28-12-14-32-67(63)75(69)50-57)96-88(100-92)73-36-20-40-81-83(73)72-35-19-34-59(84(72)104-81)55-44-48-79-77(51-55)94-90(54-23-5-2-6-24-54)102(79)91-97-85(95-87(99-91)58-43-47-71-70-33-15-18-39-80(70)103-82(71)52-58)56-41-45-68-64-29-9-7-25-60(64)62-27-11-13-31-66(62)74(68)49-56/h1-52H. The van der Waals surface area contributed by atoms with Crippen molar-refractivity contribution in [3.8, 4) is 91.4 Å². The van der Waals surface area contributed by atoms with Gasteiger partial charge in [0.2, 0.25) is 11.9 Å². The average molecular weight is 1330 g/mol. The number of furan rings is 2. The maximum absolute atomic E-state index is 7.14. The smallest absolute Gasteiger partial charge is 0.240 e. The van der Waals surface area contributed by atoms with Crippen molar-refractivity contribution in [1.82, 2.24) is 49.0 Å². The van der Waals surface area contributed by atoms with Gasteiger partial charge in [-0.05, 0) is 131 Å². The molecule has 0 aliphatic rings. The van der Waals surface area contributed by atoms with Gasteiger partial charge in [-0.15, -0.1) is 0 Å². The van der Waals surface area contributed by atoms with E-state index in [9.17, 15) is 0 Å². The molecule has 0 radical (unpaired) electrons. The van der Waals surface area contributed by atoms with Crippen molar-refractivity contribution in [2.24, 2.45) is 0 Å². The fourth-order valence-electron chi connectivity index (χ4n) is 15.9. The molecular formula is C92H52N10O2. The van der Waals surface area contributed by atoms with E-state index in [1.807, 2.05) is 91.0 Å². The van der Waals surface area contributed by atoms with Crippen LogP contribution >= 0.6 is 0 Å². The predicted octanol–water partition coefficient (Wildman–Crippen LogP) is 23.1. The Morgan fingerprint density at radius 2 is 0.615 bits per heavy atom. The molecule has 0 aliphatic heterocycles. The number of fused-ring (bicyclic) bond motifs is 20. The molecule has 0 spiro atoms. The predicted molar refractivity (Wildman–Crippen MR) is 420 cm³/mol. The second-order valence-electron chi connectivity index (χ2n) is 26.5. The largest absolute Gasteiger partial charge is 0.456 e. The third kappa shape index (κ3) is 8.92. The van der Waals surface area contributed by atoms with Gasteiger partial charge in [0.25, 0.3) is 0 Å². The maximum Gasteiger partial charge on any atom is 0.240 e. The molecule has 0 N–H and O–H groups in total. The van der Waals surface area contributed by atoms with E-state index in [-0.39, 0.29) is 0 Å². The molecule has 104 heavy (non-hydrogen) atoms. The summed E-state index contributed by atoms with van der Waals surface area (Å²) >= 11 is 0. The van der Waals surface area contributed by atoms with Crippen molar-refractivity contribution in [2.45, 2.75) is 0 Å². The topological polar surface area (TPSA) is 139 Å². The molecule has 0 amide bonds. The summed E-state index contributed by atoms with van der Waals surface area (Å²) < 4.78 is 17.8. The molecule has 16 aromatic carbocycles. The minimum absolute atomic E-state index is 0.407.